The Morgan fingerprint density at radius 1 is 1.09 bits per heavy atom. The molecule has 1 aliphatic rings. The van der Waals surface area contributed by atoms with Gasteiger partial charge in [-0.3, -0.25) is 0 Å². The number of benzene rings is 1. The van der Waals surface area contributed by atoms with E-state index in [-0.39, 0.29) is 18.5 Å². The number of rotatable bonds is 9. The lowest BCUT2D eigenvalue weighted by Crippen LogP contribution is -2.08. The minimum absolute atomic E-state index is 0.124. The molecule has 0 saturated heterocycles. The minimum atomic E-state index is -4.56. The molecule has 0 atom stereocenters. The van der Waals surface area contributed by atoms with Gasteiger partial charge in [0.2, 0.25) is 5.88 Å². The van der Waals surface area contributed by atoms with Gasteiger partial charge in [0.1, 0.15) is 23.4 Å². The number of ether oxygens (including phenoxy) is 1. The van der Waals surface area contributed by atoms with Crippen LogP contribution in [0.2, 0.25) is 0 Å². The normalized spacial score (nSPS) is 13.8. The SMILES string of the molecule is COc1ncnc(C2CC2)c1-c1ncc2cc(Br)n(Cc3ccc(-c4nc(C(F)(F)F)cn4C(C)C)cc3CCO)c2n1. The van der Waals surface area contributed by atoms with Crippen molar-refractivity contribution < 1.29 is 23.0 Å². The van der Waals surface area contributed by atoms with Crippen molar-refractivity contribution in [3.05, 3.63) is 70.1 Å². The van der Waals surface area contributed by atoms with Crippen molar-refractivity contribution in [2.24, 2.45) is 0 Å². The van der Waals surface area contributed by atoms with Gasteiger partial charge in [-0.25, -0.2) is 24.9 Å². The van der Waals surface area contributed by atoms with E-state index in [1.807, 2.05) is 30.5 Å². The molecule has 1 aromatic carbocycles. The average molecular weight is 657 g/mol. The van der Waals surface area contributed by atoms with Gasteiger partial charge in [0.25, 0.3) is 0 Å². The van der Waals surface area contributed by atoms with Crippen LogP contribution in [0.5, 0.6) is 5.88 Å². The molecule has 1 aliphatic carbocycles. The number of hydrogen-bond donors (Lipinski definition) is 1. The maximum Gasteiger partial charge on any atom is 0.434 e. The third-order valence-corrected chi connectivity index (χ3v) is 8.22. The van der Waals surface area contributed by atoms with Crippen LogP contribution in [-0.2, 0) is 19.1 Å². The molecule has 224 valence electrons. The summed E-state index contributed by atoms with van der Waals surface area (Å²) in [5.41, 5.74) is 3.51. The van der Waals surface area contributed by atoms with Crippen LogP contribution in [0.25, 0.3) is 33.8 Å². The van der Waals surface area contributed by atoms with Gasteiger partial charge < -0.3 is 19.0 Å². The first-order chi connectivity index (χ1) is 20.6. The average Bonchev–Trinajstić information content (AvgIpc) is 3.63. The zero-order chi connectivity index (χ0) is 30.5. The van der Waals surface area contributed by atoms with E-state index in [4.69, 9.17) is 9.72 Å². The summed E-state index contributed by atoms with van der Waals surface area (Å²) < 4.78 is 50.4. The number of alkyl halides is 3. The molecule has 6 rings (SSSR count). The monoisotopic (exact) mass is 655 g/mol. The molecule has 4 heterocycles. The van der Waals surface area contributed by atoms with Crippen LogP contribution in [0.1, 0.15) is 61.2 Å². The summed E-state index contributed by atoms with van der Waals surface area (Å²) >= 11 is 3.66. The summed E-state index contributed by atoms with van der Waals surface area (Å²) in [5, 5.41) is 10.7. The number of aliphatic hydroxyl groups excluding tert-OH is 1. The van der Waals surface area contributed by atoms with E-state index in [0.717, 1.165) is 45.8 Å². The Hall–Kier alpha value is -3.84. The second-order valence-corrected chi connectivity index (χ2v) is 11.7. The maximum absolute atomic E-state index is 13.5. The number of imidazole rings is 1. The number of halogens is 4. The molecule has 0 spiro atoms. The van der Waals surface area contributed by atoms with Crippen molar-refractivity contribution in [2.75, 3.05) is 13.7 Å². The number of nitrogens with zero attached hydrogens (tertiary/aromatic N) is 7. The van der Waals surface area contributed by atoms with Crippen LogP contribution >= 0.6 is 15.9 Å². The molecule has 13 heteroatoms. The Balaban J connectivity index is 1.41. The third-order valence-electron chi connectivity index (χ3n) is 7.56. The number of aromatic nitrogens is 7. The first-order valence-electron chi connectivity index (χ1n) is 13.9. The molecule has 43 heavy (non-hydrogen) atoms. The first kappa shape index (κ1) is 29.2. The van der Waals surface area contributed by atoms with Crippen LogP contribution in [0.15, 0.2) is 47.6 Å². The first-order valence-corrected chi connectivity index (χ1v) is 14.7. The molecule has 1 fully saturated rings. The van der Waals surface area contributed by atoms with Crippen LogP contribution < -0.4 is 4.74 Å². The summed E-state index contributed by atoms with van der Waals surface area (Å²) in [6.07, 6.45) is 2.13. The highest BCUT2D eigenvalue weighted by atomic mass is 79.9. The van der Waals surface area contributed by atoms with E-state index >= 15 is 0 Å². The van der Waals surface area contributed by atoms with Gasteiger partial charge in [-0.15, -0.1) is 0 Å². The van der Waals surface area contributed by atoms with Gasteiger partial charge in [-0.1, -0.05) is 12.1 Å². The second kappa shape index (κ2) is 11.3. The summed E-state index contributed by atoms with van der Waals surface area (Å²) in [7, 11) is 1.56. The summed E-state index contributed by atoms with van der Waals surface area (Å²) in [5.74, 6) is 1.43. The molecule has 1 N–H and O–H groups in total. The largest absolute Gasteiger partial charge is 0.480 e. The van der Waals surface area contributed by atoms with E-state index < -0.39 is 11.9 Å². The molecule has 0 bridgehead atoms. The lowest BCUT2D eigenvalue weighted by atomic mass is 10.0. The summed E-state index contributed by atoms with van der Waals surface area (Å²) in [6.45, 7) is 3.88. The van der Waals surface area contributed by atoms with E-state index in [0.29, 0.717) is 47.4 Å². The Morgan fingerprint density at radius 3 is 2.56 bits per heavy atom. The Kier molecular flexibility index (Phi) is 7.71. The standard InChI is InChI=1S/C30H29BrF3N7O2/c1-16(2)40-14-22(30(32,33)34)38-27(40)19-6-7-20(18(10-19)8-9-42)13-41-23(31)11-21-12-35-26(39-28(21)41)24-25(17-4-5-17)36-15-37-29(24)43-3/h6-7,10-12,14-17,42H,4-5,8-9,13H2,1-3H3. The number of aliphatic hydroxyl groups is 1. The van der Waals surface area contributed by atoms with Crippen molar-refractivity contribution in [3.63, 3.8) is 0 Å². The van der Waals surface area contributed by atoms with E-state index in [1.165, 1.54) is 10.9 Å². The van der Waals surface area contributed by atoms with Crippen molar-refractivity contribution in [1.29, 1.82) is 0 Å². The number of hydrogen-bond acceptors (Lipinski definition) is 7. The molecule has 0 radical (unpaired) electrons. The summed E-state index contributed by atoms with van der Waals surface area (Å²) in [6, 6.07) is 7.14. The van der Waals surface area contributed by atoms with Gasteiger partial charge >= 0.3 is 6.18 Å². The molecule has 0 unspecified atom stereocenters. The molecule has 1 saturated carbocycles. The molecule has 9 nitrogen and oxygen atoms in total. The van der Waals surface area contributed by atoms with Gasteiger partial charge in [-0.05, 0) is 72.3 Å². The minimum Gasteiger partial charge on any atom is -0.480 e. The van der Waals surface area contributed by atoms with Crippen molar-refractivity contribution in [3.8, 4) is 28.7 Å². The highest BCUT2D eigenvalue weighted by Crippen LogP contribution is 2.45. The van der Waals surface area contributed by atoms with E-state index in [2.05, 4.69) is 35.9 Å². The molecule has 0 aliphatic heterocycles. The molecule has 4 aromatic heterocycles. The lowest BCUT2D eigenvalue weighted by Gasteiger charge is -2.16. The van der Waals surface area contributed by atoms with Gasteiger partial charge in [-0.2, -0.15) is 13.2 Å². The predicted octanol–water partition coefficient (Wildman–Crippen LogP) is 6.58. The second-order valence-electron chi connectivity index (χ2n) is 10.8. The molecular weight excluding hydrogens is 627 g/mol. The van der Waals surface area contributed by atoms with E-state index in [9.17, 15) is 18.3 Å². The molecule has 5 aromatic rings. The Morgan fingerprint density at radius 2 is 1.88 bits per heavy atom. The lowest BCUT2D eigenvalue weighted by molar-refractivity contribution is -0.140. The predicted molar refractivity (Wildman–Crippen MR) is 158 cm³/mol. The fourth-order valence-corrected chi connectivity index (χ4v) is 5.81. The molecular formula is C30H29BrF3N7O2. The van der Waals surface area contributed by atoms with Crippen LogP contribution in [0, 0.1) is 0 Å². The van der Waals surface area contributed by atoms with Crippen molar-refractivity contribution >= 4 is 27.0 Å². The zero-order valence-corrected chi connectivity index (χ0v) is 25.3. The topological polar surface area (TPSA) is 104 Å². The van der Waals surface area contributed by atoms with Gasteiger partial charge in [0.05, 0.1) is 24.0 Å². The molecule has 0 amide bonds. The zero-order valence-electron chi connectivity index (χ0n) is 23.7. The smallest absolute Gasteiger partial charge is 0.434 e. The highest BCUT2D eigenvalue weighted by Gasteiger charge is 2.35. The van der Waals surface area contributed by atoms with Crippen molar-refractivity contribution in [2.45, 2.75) is 57.8 Å². The highest BCUT2D eigenvalue weighted by molar-refractivity contribution is 9.10. The third kappa shape index (κ3) is 5.63. The van der Waals surface area contributed by atoms with Crippen LogP contribution in [0.3, 0.4) is 0 Å². The Bertz CT molecular complexity index is 1810. The number of methoxy groups -OCH3 is 1. The fraction of sp³-hybridized carbons (Fsp3) is 0.367. The fourth-order valence-electron chi connectivity index (χ4n) is 5.27. The van der Waals surface area contributed by atoms with Gasteiger partial charge in [0.15, 0.2) is 11.5 Å². The number of fused-ring (bicyclic) bond motifs is 1. The van der Waals surface area contributed by atoms with E-state index in [1.54, 1.807) is 25.4 Å². The van der Waals surface area contributed by atoms with Crippen LogP contribution in [-0.4, -0.2) is 52.9 Å². The Labute approximate surface area is 254 Å². The van der Waals surface area contributed by atoms with Crippen molar-refractivity contribution in [1.82, 2.24) is 34.1 Å². The summed E-state index contributed by atoms with van der Waals surface area (Å²) in [4.78, 5) is 22.3. The van der Waals surface area contributed by atoms with Gasteiger partial charge in [0, 0.05) is 41.9 Å². The maximum atomic E-state index is 13.5. The quantitative estimate of drug-likeness (QED) is 0.191. The van der Waals surface area contributed by atoms with Crippen LogP contribution in [0.4, 0.5) is 13.2 Å².